The number of furan rings is 1. The number of rotatable bonds is 3. The van der Waals surface area contributed by atoms with Crippen LogP contribution in [0.4, 0.5) is 4.79 Å². The number of hydrogen-bond acceptors (Lipinski definition) is 4. The van der Waals surface area contributed by atoms with Crippen molar-refractivity contribution in [3.8, 4) is 0 Å². The summed E-state index contributed by atoms with van der Waals surface area (Å²) in [6.45, 7) is 8.01. The summed E-state index contributed by atoms with van der Waals surface area (Å²) >= 11 is 0. The van der Waals surface area contributed by atoms with Gasteiger partial charge in [-0.05, 0) is 26.0 Å². The zero-order valence-electron chi connectivity index (χ0n) is 14.4. The van der Waals surface area contributed by atoms with E-state index < -0.39 is 0 Å². The van der Waals surface area contributed by atoms with Crippen LogP contribution >= 0.6 is 0 Å². The molecule has 3 amide bonds. The molecule has 1 atom stereocenters. The maximum absolute atomic E-state index is 12.5. The first kappa shape index (κ1) is 16.8. The monoisotopic (exact) mass is 334 g/mol. The van der Waals surface area contributed by atoms with Crippen LogP contribution in [0, 0.1) is 5.41 Å². The van der Waals surface area contributed by atoms with Crippen molar-refractivity contribution in [2.45, 2.75) is 32.9 Å². The molecule has 2 aliphatic heterocycles. The molecular formula is C17H26N4O3. The Labute approximate surface area is 142 Å². The van der Waals surface area contributed by atoms with Gasteiger partial charge in [-0.15, -0.1) is 0 Å². The molecular weight excluding hydrogens is 308 g/mol. The van der Waals surface area contributed by atoms with Gasteiger partial charge in [-0.2, -0.15) is 0 Å². The summed E-state index contributed by atoms with van der Waals surface area (Å²) < 4.78 is 5.46. The van der Waals surface area contributed by atoms with Crippen LogP contribution in [0.3, 0.4) is 0 Å². The minimum absolute atomic E-state index is 0.0522. The Morgan fingerprint density at radius 1 is 1.42 bits per heavy atom. The molecule has 0 unspecified atom stereocenters. The standard InChI is InChI=1S/C17H26N4O3/c1-13(2)19-16(23)21-6-5-20(9-14-4-3-7-24-14)11-17(12-21)8-15(22)18-10-17/h3-4,7,13H,5-6,8-12H2,1-2H3,(H,18,22)(H,19,23)/t17-/m0/s1. The predicted molar refractivity (Wildman–Crippen MR) is 89.3 cm³/mol. The number of hydrogen-bond donors (Lipinski definition) is 2. The third-order valence-corrected chi connectivity index (χ3v) is 4.63. The van der Waals surface area contributed by atoms with E-state index in [4.69, 9.17) is 4.42 Å². The highest BCUT2D eigenvalue weighted by molar-refractivity contribution is 5.80. The Kier molecular flexibility index (Phi) is 4.80. The number of urea groups is 1. The largest absolute Gasteiger partial charge is 0.468 e. The summed E-state index contributed by atoms with van der Waals surface area (Å²) in [5.41, 5.74) is -0.228. The van der Waals surface area contributed by atoms with Gasteiger partial charge in [-0.25, -0.2) is 4.79 Å². The molecule has 0 aliphatic carbocycles. The number of amides is 3. The molecule has 2 aliphatic rings. The summed E-state index contributed by atoms with van der Waals surface area (Å²) in [5.74, 6) is 0.974. The smallest absolute Gasteiger partial charge is 0.317 e. The van der Waals surface area contributed by atoms with E-state index in [0.717, 1.165) is 18.8 Å². The normalized spacial score (nSPS) is 25.1. The Hall–Kier alpha value is -2.02. The maximum Gasteiger partial charge on any atom is 0.317 e. The van der Waals surface area contributed by atoms with Crippen LogP contribution in [0.25, 0.3) is 0 Å². The molecule has 1 aromatic rings. The van der Waals surface area contributed by atoms with Crippen LogP contribution in [-0.4, -0.2) is 60.5 Å². The van der Waals surface area contributed by atoms with Crippen molar-refractivity contribution < 1.29 is 14.0 Å². The van der Waals surface area contributed by atoms with Crippen LogP contribution in [-0.2, 0) is 11.3 Å². The van der Waals surface area contributed by atoms with E-state index in [0.29, 0.717) is 32.6 Å². The molecule has 0 aromatic carbocycles. The molecule has 132 valence electrons. The molecule has 1 aromatic heterocycles. The van der Waals surface area contributed by atoms with Crippen molar-refractivity contribution in [1.82, 2.24) is 20.4 Å². The molecule has 7 heteroatoms. The van der Waals surface area contributed by atoms with E-state index in [-0.39, 0.29) is 23.4 Å². The quantitative estimate of drug-likeness (QED) is 0.865. The van der Waals surface area contributed by atoms with Crippen molar-refractivity contribution in [2.75, 3.05) is 32.7 Å². The Morgan fingerprint density at radius 3 is 2.88 bits per heavy atom. The second kappa shape index (κ2) is 6.84. The molecule has 3 rings (SSSR count). The first-order valence-electron chi connectivity index (χ1n) is 8.53. The summed E-state index contributed by atoms with van der Waals surface area (Å²) in [6, 6.07) is 3.88. The summed E-state index contributed by atoms with van der Waals surface area (Å²) in [5, 5.41) is 5.90. The van der Waals surface area contributed by atoms with E-state index in [1.54, 1.807) is 6.26 Å². The Bertz CT molecular complexity index is 587. The van der Waals surface area contributed by atoms with Crippen molar-refractivity contribution in [2.24, 2.45) is 5.41 Å². The fourth-order valence-electron chi connectivity index (χ4n) is 3.59. The van der Waals surface area contributed by atoms with Gasteiger partial charge in [-0.1, -0.05) is 0 Å². The molecule has 1 spiro atoms. The van der Waals surface area contributed by atoms with Crippen molar-refractivity contribution in [3.63, 3.8) is 0 Å². The van der Waals surface area contributed by atoms with Crippen molar-refractivity contribution in [3.05, 3.63) is 24.2 Å². The molecule has 2 fully saturated rings. The van der Waals surface area contributed by atoms with Gasteiger partial charge < -0.3 is 20.0 Å². The average Bonchev–Trinajstić information content (AvgIpc) is 3.08. The summed E-state index contributed by atoms with van der Waals surface area (Å²) in [4.78, 5) is 28.4. The average molecular weight is 334 g/mol. The second-order valence-electron chi connectivity index (χ2n) is 7.27. The maximum atomic E-state index is 12.5. The zero-order chi connectivity index (χ0) is 17.2. The highest BCUT2D eigenvalue weighted by Crippen LogP contribution is 2.31. The molecule has 3 heterocycles. The minimum atomic E-state index is -0.228. The lowest BCUT2D eigenvalue weighted by atomic mass is 9.86. The fourth-order valence-corrected chi connectivity index (χ4v) is 3.59. The van der Waals surface area contributed by atoms with Gasteiger partial charge >= 0.3 is 6.03 Å². The van der Waals surface area contributed by atoms with Crippen LogP contribution in [0.15, 0.2) is 22.8 Å². The Morgan fingerprint density at radius 2 is 2.25 bits per heavy atom. The lowest BCUT2D eigenvalue weighted by Crippen LogP contribution is -2.48. The van der Waals surface area contributed by atoms with Gasteiger partial charge in [0.05, 0.1) is 12.8 Å². The van der Waals surface area contributed by atoms with Gasteiger partial charge in [-0.3, -0.25) is 9.69 Å². The van der Waals surface area contributed by atoms with Crippen molar-refractivity contribution >= 4 is 11.9 Å². The van der Waals surface area contributed by atoms with E-state index in [9.17, 15) is 9.59 Å². The fraction of sp³-hybridized carbons (Fsp3) is 0.647. The highest BCUT2D eigenvalue weighted by atomic mass is 16.3. The van der Waals surface area contributed by atoms with Crippen LogP contribution in [0.1, 0.15) is 26.0 Å². The molecule has 0 radical (unpaired) electrons. The number of nitrogens with one attached hydrogen (secondary N) is 2. The molecule has 0 saturated carbocycles. The Balaban J connectivity index is 1.75. The van der Waals surface area contributed by atoms with Crippen LogP contribution in [0.5, 0.6) is 0 Å². The first-order chi connectivity index (χ1) is 11.5. The molecule has 2 N–H and O–H groups in total. The lowest BCUT2D eigenvalue weighted by Gasteiger charge is -2.32. The topological polar surface area (TPSA) is 77.8 Å². The molecule has 0 bridgehead atoms. The first-order valence-corrected chi connectivity index (χ1v) is 8.53. The van der Waals surface area contributed by atoms with E-state index in [2.05, 4.69) is 15.5 Å². The van der Waals surface area contributed by atoms with E-state index in [1.165, 1.54) is 0 Å². The number of carbonyl (C=O) groups excluding carboxylic acids is 2. The third kappa shape index (κ3) is 3.90. The van der Waals surface area contributed by atoms with Gasteiger partial charge in [0, 0.05) is 50.6 Å². The SMILES string of the molecule is CC(C)NC(=O)N1CCN(Cc2ccco2)C[C@]2(CNC(=O)C2)C1. The van der Waals surface area contributed by atoms with Gasteiger partial charge in [0.1, 0.15) is 5.76 Å². The van der Waals surface area contributed by atoms with E-state index in [1.807, 2.05) is 30.9 Å². The summed E-state index contributed by atoms with van der Waals surface area (Å²) in [6.07, 6.45) is 2.14. The van der Waals surface area contributed by atoms with Crippen LogP contribution in [0.2, 0.25) is 0 Å². The molecule has 2 saturated heterocycles. The molecule has 24 heavy (non-hydrogen) atoms. The summed E-state index contributed by atoms with van der Waals surface area (Å²) in [7, 11) is 0. The van der Waals surface area contributed by atoms with Gasteiger partial charge in [0.25, 0.3) is 0 Å². The third-order valence-electron chi connectivity index (χ3n) is 4.63. The molecule has 7 nitrogen and oxygen atoms in total. The van der Waals surface area contributed by atoms with Gasteiger partial charge in [0.15, 0.2) is 0 Å². The zero-order valence-corrected chi connectivity index (χ0v) is 14.4. The number of nitrogens with zero attached hydrogens (tertiary/aromatic N) is 2. The van der Waals surface area contributed by atoms with E-state index >= 15 is 0 Å². The second-order valence-corrected chi connectivity index (χ2v) is 7.27. The van der Waals surface area contributed by atoms with Crippen molar-refractivity contribution in [1.29, 1.82) is 0 Å². The van der Waals surface area contributed by atoms with Crippen LogP contribution < -0.4 is 10.6 Å². The lowest BCUT2D eigenvalue weighted by molar-refractivity contribution is -0.119. The van der Waals surface area contributed by atoms with Gasteiger partial charge in [0.2, 0.25) is 5.91 Å². The predicted octanol–water partition coefficient (Wildman–Crippen LogP) is 1.02. The number of carbonyl (C=O) groups is 2. The highest BCUT2D eigenvalue weighted by Gasteiger charge is 2.44. The minimum Gasteiger partial charge on any atom is -0.468 e.